The van der Waals surface area contributed by atoms with Gasteiger partial charge in [-0.2, -0.15) is 0 Å². The molecule has 2 N–H and O–H groups in total. The molecule has 0 fully saturated rings. The van der Waals surface area contributed by atoms with Crippen LogP contribution in [-0.2, 0) is 4.74 Å². The molecule has 0 saturated carbocycles. The molecule has 1 amide bonds. The van der Waals surface area contributed by atoms with Crippen molar-refractivity contribution in [3.8, 4) is 0 Å². The SMILES string of the molecule is CNc1ncc(Br)cc1C(=O)NCC(C)(C)OC. The highest BCUT2D eigenvalue weighted by atomic mass is 79.9. The Bertz CT molecular complexity index is 435. The van der Waals surface area contributed by atoms with E-state index >= 15 is 0 Å². The van der Waals surface area contributed by atoms with Gasteiger partial charge in [0.05, 0.1) is 11.2 Å². The fraction of sp³-hybridized carbons (Fsp3) is 0.500. The molecule has 0 aliphatic heterocycles. The summed E-state index contributed by atoms with van der Waals surface area (Å²) in [6, 6.07) is 1.73. The van der Waals surface area contributed by atoms with E-state index in [2.05, 4.69) is 31.5 Å². The van der Waals surface area contributed by atoms with Crippen LogP contribution in [-0.4, -0.2) is 37.2 Å². The maximum atomic E-state index is 12.1. The van der Waals surface area contributed by atoms with Crippen molar-refractivity contribution in [1.29, 1.82) is 0 Å². The Morgan fingerprint density at radius 1 is 1.56 bits per heavy atom. The predicted octanol–water partition coefficient (Wildman–Crippen LogP) is 2.04. The molecule has 0 aliphatic rings. The lowest BCUT2D eigenvalue weighted by Crippen LogP contribution is -2.39. The quantitative estimate of drug-likeness (QED) is 0.873. The van der Waals surface area contributed by atoms with Gasteiger partial charge in [-0.15, -0.1) is 0 Å². The van der Waals surface area contributed by atoms with Gasteiger partial charge >= 0.3 is 0 Å². The molecule has 1 aromatic rings. The van der Waals surface area contributed by atoms with E-state index in [0.717, 1.165) is 4.47 Å². The van der Waals surface area contributed by atoms with Crippen molar-refractivity contribution in [2.24, 2.45) is 0 Å². The highest BCUT2D eigenvalue weighted by Crippen LogP contribution is 2.17. The number of carbonyl (C=O) groups is 1. The maximum Gasteiger partial charge on any atom is 0.255 e. The fourth-order valence-corrected chi connectivity index (χ4v) is 1.60. The second kappa shape index (κ2) is 6.15. The van der Waals surface area contributed by atoms with Crippen LogP contribution in [0.4, 0.5) is 5.82 Å². The number of ether oxygens (including phenoxy) is 1. The van der Waals surface area contributed by atoms with Crippen molar-refractivity contribution in [3.63, 3.8) is 0 Å². The molecule has 1 heterocycles. The number of nitrogens with zero attached hydrogens (tertiary/aromatic N) is 1. The first kappa shape index (κ1) is 14.9. The summed E-state index contributed by atoms with van der Waals surface area (Å²) in [7, 11) is 3.35. The summed E-state index contributed by atoms with van der Waals surface area (Å²) in [5.41, 5.74) is 0.105. The number of hydrogen-bond acceptors (Lipinski definition) is 4. The molecule has 0 unspecified atom stereocenters. The standard InChI is InChI=1S/C12H18BrN3O2/c1-12(2,18-4)7-16-11(17)9-5-8(13)6-15-10(9)14-3/h5-6H,7H2,1-4H3,(H,14,15)(H,16,17). The van der Waals surface area contributed by atoms with E-state index in [1.165, 1.54) is 0 Å². The zero-order valence-corrected chi connectivity index (χ0v) is 12.6. The number of pyridine rings is 1. The molecule has 6 heteroatoms. The highest BCUT2D eigenvalue weighted by molar-refractivity contribution is 9.10. The van der Waals surface area contributed by atoms with E-state index in [4.69, 9.17) is 4.74 Å². The zero-order chi connectivity index (χ0) is 13.8. The van der Waals surface area contributed by atoms with Crippen LogP contribution in [0.25, 0.3) is 0 Å². The largest absolute Gasteiger partial charge is 0.377 e. The molecule has 0 saturated heterocycles. The smallest absolute Gasteiger partial charge is 0.255 e. The van der Waals surface area contributed by atoms with Crippen LogP contribution >= 0.6 is 15.9 Å². The summed E-state index contributed by atoms with van der Waals surface area (Å²) < 4.78 is 6.01. The van der Waals surface area contributed by atoms with Gasteiger partial charge < -0.3 is 15.4 Å². The molecule has 0 spiro atoms. The van der Waals surface area contributed by atoms with Gasteiger partial charge in [-0.1, -0.05) is 0 Å². The number of anilines is 1. The number of amides is 1. The fourth-order valence-electron chi connectivity index (χ4n) is 1.27. The van der Waals surface area contributed by atoms with Crippen LogP contribution in [0, 0.1) is 0 Å². The monoisotopic (exact) mass is 315 g/mol. The van der Waals surface area contributed by atoms with Crippen LogP contribution in [0.15, 0.2) is 16.7 Å². The number of halogens is 1. The number of aromatic nitrogens is 1. The van der Waals surface area contributed by atoms with E-state index in [0.29, 0.717) is 17.9 Å². The molecule has 0 bridgehead atoms. The van der Waals surface area contributed by atoms with E-state index in [9.17, 15) is 4.79 Å². The first-order valence-electron chi connectivity index (χ1n) is 5.56. The van der Waals surface area contributed by atoms with Crippen LogP contribution < -0.4 is 10.6 Å². The first-order valence-corrected chi connectivity index (χ1v) is 6.35. The zero-order valence-electron chi connectivity index (χ0n) is 11.0. The third-order valence-electron chi connectivity index (χ3n) is 2.56. The molecular formula is C12H18BrN3O2. The minimum Gasteiger partial charge on any atom is -0.377 e. The van der Waals surface area contributed by atoms with Gasteiger partial charge in [0.2, 0.25) is 0 Å². The molecule has 0 radical (unpaired) electrons. The molecular weight excluding hydrogens is 298 g/mol. The first-order chi connectivity index (χ1) is 8.39. The van der Waals surface area contributed by atoms with Gasteiger partial charge in [-0.05, 0) is 35.8 Å². The number of nitrogens with one attached hydrogen (secondary N) is 2. The average molecular weight is 316 g/mol. The van der Waals surface area contributed by atoms with Crippen molar-refractivity contribution in [1.82, 2.24) is 10.3 Å². The van der Waals surface area contributed by atoms with Crippen LogP contribution in [0.2, 0.25) is 0 Å². The van der Waals surface area contributed by atoms with Crippen molar-refractivity contribution in [2.45, 2.75) is 19.4 Å². The second-order valence-corrected chi connectivity index (χ2v) is 5.36. The maximum absolute atomic E-state index is 12.1. The molecule has 0 atom stereocenters. The Morgan fingerprint density at radius 2 is 2.22 bits per heavy atom. The topological polar surface area (TPSA) is 63.2 Å². The minimum atomic E-state index is -0.394. The van der Waals surface area contributed by atoms with E-state index in [1.807, 2.05) is 13.8 Å². The average Bonchev–Trinajstić information content (AvgIpc) is 2.36. The minimum absolute atomic E-state index is 0.182. The van der Waals surface area contributed by atoms with E-state index in [1.54, 1.807) is 26.4 Å². The van der Waals surface area contributed by atoms with Crippen LogP contribution in [0.5, 0.6) is 0 Å². The van der Waals surface area contributed by atoms with Gasteiger partial charge in [0.15, 0.2) is 0 Å². The lowest BCUT2D eigenvalue weighted by atomic mass is 10.1. The summed E-state index contributed by atoms with van der Waals surface area (Å²) in [5.74, 6) is 0.365. The molecule has 1 aromatic heterocycles. The predicted molar refractivity (Wildman–Crippen MR) is 74.9 cm³/mol. The lowest BCUT2D eigenvalue weighted by Gasteiger charge is -2.23. The van der Waals surface area contributed by atoms with Crippen molar-refractivity contribution < 1.29 is 9.53 Å². The third-order valence-corrected chi connectivity index (χ3v) is 3.00. The van der Waals surface area contributed by atoms with Gasteiger partial charge in [0.25, 0.3) is 5.91 Å². The second-order valence-electron chi connectivity index (χ2n) is 4.45. The third kappa shape index (κ3) is 3.96. The van der Waals surface area contributed by atoms with Crippen molar-refractivity contribution in [2.75, 3.05) is 26.0 Å². The summed E-state index contributed by atoms with van der Waals surface area (Å²) in [6.45, 7) is 4.24. The summed E-state index contributed by atoms with van der Waals surface area (Å²) in [5, 5.41) is 5.72. The Labute approximate surface area is 115 Å². The molecule has 0 aromatic carbocycles. The Morgan fingerprint density at radius 3 is 2.78 bits per heavy atom. The Hall–Kier alpha value is -1.14. The van der Waals surface area contributed by atoms with Gasteiger partial charge in [0.1, 0.15) is 5.82 Å². The summed E-state index contributed by atoms with van der Waals surface area (Å²) >= 11 is 3.30. The molecule has 18 heavy (non-hydrogen) atoms. The van der Waals surface area contributed by atoms with Crippen LogP contribution in [0.3, 0.4) is 0 Å². The number of carbonyl (C=O) groups excluding carboxylic acids is 1. The molecule has 100 valence electrons. The lowest BCUT2D eigenvalue weighted by molar-refractivity contribution is 0.0229. The molecule has 0 aliphatic carbocycles. The van der Waals surface area contributed by atoms with Crippen molar-refractivity contribution in [3.05, 3.63) is 22.3 Å². The Balaban J connectivity index is 2.81. The van der Waals surface area contributed by atoms with E-state index in [-0.39, 0.29) is 5.91 Å². The summed E-state index contributed by atoms with van der Waals surface area (Å²) in [4.78, 5) is 16.2. The number of methoxy groups -OCH3 is 1. The van der Waals surface area contributed by atoms with E-state index < -0.39 is 5.60 Å². The summed E-state index contributed by atoms with van der Waals surface area (Å²) in [6.07, 6.45) is 1.64. The number of rotatable bonds is 5. The number of hydrogen-bond donors (Lipinski definition) is 2. The molecule has 5 nitrogen and oxygen atoms in total. The normalized spacial score (nSPS) is 11.2. The van der Waals surface area contributed by atoms with Gasteiger partial charge in [-0.3, -0.25) is 4.79 Å². The van der Waals surface area contributed by atoms with Crippen LogP contribution in [0.1, 0.15) is 24.2 Å². The van der Waals surface area contributed by atoms with Gasteiger partial charge in [-0.25, -0.2) is 4.98 Å². The highest BCUT2D eigenvalue weighted by Gasteiger charge is 2.19. The van der Waals surface area contributed by atoms with Crippen molar-refractivity contribution >= 4 is 27.7 Å². The van der Waals surface area contributed by atoms with Gasteiger partial charge in [0, 0.05) is 31.4 Å². The molecule has 1 rings (SSSR count). The Kier molecular flexibility index (Phi) is 5.10.